The Labute approximate surface area is 207 Å². The lowest BCUT2D eigenvalue weighted by atomic mass is 10.0. The normalized spacial score (nSPS) is 14.9. The summed E-state index contributed by atoms with van der Waals surface area (Å²) in [6.45, 7) is 3.63. The molecule has 2 heterocycles. The topological polar surface area (TPSA) is 138 Å². The molecule has 0 bridgehead atoms. The maximum absolute atomic E-state index is 13.0. The first-order valence-corrected chi connectivity index (χ1v) is 13.5. The zero-order chi connectivity index (χ0) is 25.4. The molecule has 0 spiro atoms. The van der Waals surface area contributed by atoms with Crippen LogP contribution in [0.15, 0.2) is 64.8 Å². The molecule has 1 amide bonds. The third-order valence-electron chi connectivity index (χ3n) is 5.17. The molecule has 9 nitrogen and oxygen atoms in total. The van der Waals surface area contributed by atoms with E-state index >= 15 is 0 Å². The van der Waals surface area contributed by atoms with Crippen LogP contribution in [-0.4, -0.2) is 34.0 Å². The summed E-state index contributed by atoms with van der Waals surface area (Å²) in [6, 6.07) is 10.3. The Bertz CT molecular complexity index is 1130. The van der Waals surface area contributed by atoms with Crippen LogP contribution in [0.2, 0.25) is 0 Å². The second-order valence-corrected chi connectivity index (χ2v) is 11.1. The minimum atomic E-state index is -4.32. The highest BCUT2D eigenvalue weighted by Crippen LogP contribution is 2.39. The van der Waals surface area contributed by atoms with E-state index in [2.05, 4.69) is 10.4 Å². The molecule has 0 aliphatic heterocycles. The van der Waals surface area contributed by atoms with Crippen LogP contribution in [-0.2, 0) is 31.7 Å². The van der Waals surface area contributed by atoms with Crippen molar-refractivity contribution < 1.29 is 33.1 Å². The Kier molecular flexibility index (Phi) is 9.42. The molecule has 35 heavy (non-hydrogen) atoms. The number of hydrogen-bond donors (Lipinski definition) is 4. The number of hydrogen-bond acceptors (Lipinski definition) is 6. The lowest BCUT2D eigenvalue weighted by molar-refractivity contribution is -0.142. The monoisotopic (exact) mass is 520 g/mol. The highest BCUT2D eigenvalue weighted by Gasteiger charge is 2.32. The second kappa shape index (κ2) is 12.3. The molecule has 0 aliphatic carbocycles. The SMILES string of the molecule is CC(C)C[C@H](NP(=O)(O)OCc1cccs1)C(=O)N[C@@H](Cc1ccc(-c2ccoc2)cc1)C(=O)O. The van der Waals surface area contributed by atoms with E-state index in [-0.39, 0.29) is 25.4 Å². The number of thiophene rings is 1. The van der Waals surface area contributed by atoms with Gasteiger partial charge in [-0.3, -0.25) is 9.32 Å². The average molecular weight is 521 g/mol. The third-order valence-corrected chi connectivity index (χ3v) is 7.13. The Hall–Kier alpha value is -2.75. The van der Waals surface area contributed by atoms with Crippen molar-refractivity contribution >= 4 is 31.0 Å². The number of carbonyl (C=O) groups is 2. The van der Waals surface area contributed by atoms with Gasteiger partial charge in [0.25, 0.3) is 0 Å². The number of aliphatic carboxylic acids is 1. The van der Waals surface area contributed by atoms with Crippen LogP contribution >= 0.6 is 19.1 Å². The van der Waals surface area contributed by atoms with Crippen molar-refractivity contribution in [3.63, 3.8) is 0 Å². The van der Waals surface area contributed by atoms with E-state index in [1.807, 2.05) is 37.4 Å². The predicted octanol–water partition coefficient (Wildman–Crippen LogP) is 4.44. The van der Waals surface area contributed by atoms with Crippen LogP contribution in [0.25, 0.3) is 11.1 Å². The van der Waals surface area contributed by atoms with Crippen molar-refractivity contribution in [3.05, 3.63) is 70.8 Å². The standard InChI is InChI=1S/C24H29N2O7PS/c1-16(2)12-21(26-34(30,31)33-15-20-4-3-11-35-20)23(27)25-22(24(28)29)13-17-5-7-18(8-6-17)19-9-10-32-14-19/h3-11,14,16,21-22H,12-13,15H2,1-2H3,(H,25,27)(H,28,29)(H2,26,30,31)/t21-,22-/m0/s1. The number of furan rings is 1. The first-order valence-electron chi connectivity index (χ1n) is 11.0. The van der Waals surface area contributed by atoms with E-state index in [9.17, 15) is 24.2 Å². The van der Waals surface area contributed by atoms with Gasteiger partial charge in [0, 0.05) is 16.9 Å². The molecule has 3 rings (SSSR count). The maximum atomic E-state index is 13.0. The van der Waals surface area contributed by atoms with Crippen LogP contribution in [0, 0.1) is 5.92 Å². The van der Waals surface area contributed by atoms with Gasteiger partial charge in [-0.25, -0.2) is 14.4 Å². The minimum Gasteiger partial charge on any atom is -0.480 e. The number of benzene rings is 1. The second-order valence-electron chi connectivity index (χ2n) is 8.50. The summed E-state index contributed by atoms with van der Waals surface area (Å²) in [4.78, 5) is 35.9. The summed E-state index contributed by atoms with van der Waals surface area (Å²) < 4.78 is 22.8. The summed E-state index contributed by atoms with van der Waals surface area (Å²) in [5.41, 5.74) is 2.53. The number of amides is 1. The van der Waals surface area contributed by atoms with E-state index in [1.54, 1.807) is 36.8 Å². The summed E-state index contributed by atoms with van der Waals surface area (Å²) in [6.07, 6.45) is 3.44. The predicted molar refractivity (Wildman–Crippen MR) is 133 cm³/mol. The summed E-state index contributed by atoms with van der Waals surface area (Å²) >= 11 is 1.38. The van der Waals surface area contributed by atoms with Crippen molar-refractivity contribution in [3.8, 4) is 11.1 Å². The largest absolute Gasteiger partial charge is 0.480 e. The number of carboxylic acids is 1. The highest BCUT2D eigenvalue weighted by molar-refractivity contribution is 7.50. The molecule has 0 radical (unpaired) electrons. The third kappa shape index (κ3) is 8.45. The molecule has 11 heteroatoms. The molecule has 0 aliphatic rings. The molecule has 3 atom stereocenters. The van der Waals surface area contributed by atoms with Crippen molar-refractivity contribution in [2.45, 2.75) is 45.4 Å². The van der Waals surface area contributed by atoms with E-state index < -0.39 is 31.7 Å². The van der Waals surface area contributed by atoms with Gasteiger partial charge < -0.3 is 19.7 Å². The van der Waals surface area contributed by atoms with E-state index in [1.165, 1.54) is 11.3 Å². The smallest absolute Gasteiger partial charge is 0.403 e. The van der Waals surface area contributed by atoms with Crippen LogP contribution < -0.4 is 10.4 Å². The van der Waals surface area contributed by atoms with Crippen molar-refractivity contribution in [2.75, 3.05) is 0 Å². The molecule has 1 unspecified atom stereocenters. The van der Waals surface area contributed by atoms with Crippen molar-refractivity contribution in [1.29, 1.82) is 0 Å². The first kappa shape index (κ1) is 26.8. The van der Waals surface area contributed by atoms with Gasteiger partial charge in [-0.1, -0.05) is 44.2 Å². The zero-order valence-electron chi connectivity index (χ0n) is 19.4. The first-order chi connectivity index (χ1) is 16.6. The van der Waals surface area contributed by atoms with Crippen molar-refractivity contribution in [1.82, 2.24) is 10.4 Å². The lowest BCUT2D eigenvalue weighted by Crippen LogP contribution is -2.50. The van der Waals surface area contributed by atoms with Gasteiger partial charge in [0.15, 0.2) is 0 Å². The van der Waals surface area contributed by atoms with Gasteiger partial charge in [0.1, 0.15) is 6.04 Å². The zero-order valence-corrected chi connectivity index (χ0v) is 21.1. The summed E-state index contributed by atoms with van der Waals surface area (Å²) in [7, 11) is -4.32. The number of carbonyl (C=O) groups excluding carboxylic acids is 1. The fraction of sp³-hybridized carbons (Fsp3) is 0.333. The highest BCUT2D eigenvalue weighted by atomic mass is 32.1. The van der Waals surface area contributed by atoms with Crippen LogP contribution in [0.4, 0.5) is 0 Å². The van der Waals surface area contributed by atoms with Gasteiger partial charge in [0.2, 0.25) is 5.91 Å². The van der Waals surface area contributed by atoms with Crippen LogP contribution in [0.5, 0.6) is 0 Å². The van der Waals surface area contributed by atoms with Gasteiger partial charge in [-0.15, -0.1) is 11.3 Å². The molecule has 4 N–H and O–H groups in total. The molecule has 2 aromatic heterocycles. The molecular weight excluding hydrogens is 491 g/mol. The number of carboxylic acid groups (broad SMARTS) is 1. The Morgan fingerprint density at radius 3 is 2.43 bits per heavy atom. The molecule has 0 fully saturated rings. The Balaban J connectivity index is 1.65. The lowest BCUT2D eigenvalue weighted by Gasteiger charge is -2.24. The number of rotatable bonds is 13. The molecule has 1 aromatic carbocycles. The van der Waals surface area contributed by atoms with E-state index in [0.29, 0.717) is 5.56 Å². The van der Waals surface area contributed by atoms with Crippen LogP contribution in [0.1, 0.15) is 30.7 Å². The van der Waals surface area contributed by atoms with E-state index in [4.69, 9.17) is 8.94 Å². The van der Waals surface area contributed by atoms with Crippen molar-refractivity contribution in [2.24, 2.45) is 5.92 Å². The van der Waals surface area contributed by atoms with Gasteiger partial charge in [0.05, 0.1) is 25.2 Å². The molecule has 188 valence electrons. The Morgan fingerprint density at radius 2 is 1.86 bits per heavy atom. The van der Waals surface area contributed by atoms with E-state index in [0.717, 1.165) is 16.0 Å². The average Bonchev–Trinajstić information content (AvgIpc) is 3.51. The fourth-order valence-electron chi connectivity index (χ4n) is 3.44. The Morgan fingerprint density at radius 1 is 1.11 bits per heavy atom. The quantitative estimate of drug-likeness (QED) is 0.243. The summed E-state index contributed by atoms with van der Waals surface area (Å²) in [5.74, 6) is -1.90. The maximum Gasteiger partial charge on any atom is 0.403 e. The van der Waals surface area contributed by atoms with Gasteiger partial charge in [-0.05, 0) is 41.0 Å². The fourth-order valence-corrected chi connectivity index (χ4v) is 5.15. The van der Waals surface area contributed by atoms with Crippen LogP contribution in [0.3, 0.4) is 0 Å². The molecule has 0 saturated heterocycles. The van der Waals surface area contributed by atoms with Gasteiger partial charge >= 0.3 is 13.7 Å². The minimum absolute atomic E-state index is 0.00529. The molecular formula is C24H29N2O7PS. The molecule has 3 aromatic rings. The number of nitrogens with one attached hydrogen (secondary N) is 2. The molecule has 0 saturated carbocycles. The van der Waals surface area contributed by atoms with Gasteiger partial charge in [-0.2, -0.15) is 0 Å². The summed E-state index contributed by atoms with van der Waals surface area (Å²) in [5, 5.41) is 16.4.